The van der Waals surface area contributed by atoms with Crippen LogP contribution in [0.25, 0.3) is 0 Å². The van der Waals surface area contributed by atoms with Gasteiger partial charge in [-0.1, -0.05) is 24.3 Å². The molecule has 1 aliphatic heterocycles. The van der Waals surface area contributed by atoms with Gasteiger partial charge in [0.2, 0.25) is 5.91 Å². The highest BCUT2D eigenvalue weighted by Gasteiger charge is 2.31. The van der Waals surface area contributed by atoms with Gasteiger partial charge in [0.25, 0.3) is 5.91 Å². The van der Waals surface area contributed by atoms with Gasteiger partial charge in [-0.15, -0.1) is 0 Å². The molecule has 26 heavy (non-hydrogen) atoms. The molecule has 0 radical (unpaired) electrons. The zero-order chi connectivity index (χ0) is 18.7. The van der Waals surface area contributed by atoms with E-state index in [9.17, 15) is 14.0 Å². The van der Waals surface area contributed by atoms with E-state index >= 15 is 0 Å². The number of anilines is 1. The molecule has 2 aromatic rings. The summed E-state index contributed by atoms with van der Waals surface area (Å²) in [6.07, 6.45) is -0.426. The first-order chi connectivity index (χ1) is 12.5. The maximum absolute atomic E-state index is 13.5. The molecule has 0 aliphatic carbocycles. The van der Waals surface area contributed by atoms with Gasteiger partial charge in [-0.2, -0.15) is 0 Å². The second-order valence-corrected chi connectivity index (χ2v) is 6.33. The molecule has 136 valence electrons. The van der Waals surface area contributed by atoms with Crippen molar-refractivity contribution in [3.63, 3.8) is 0 Å². The van der Waals surface area contributed by atoms with E-state index in [1.165, 1.54) is 6.07 Å². The molecule has 0 fully saturated rings. The molecule has 0 bridgehead atoms. The fourth-order valence-corrected chi connectivity index (χ4v) is 2.84. The quantitative estimate of drug-likeness (QED) is 0.896. The zero-order valence-corrected chi connectivity index (χ0v) is 14.8. The number of halogens is 1. The van der Waals surface area contributed by atoms with E-state index in [0.717, 1.165) is 0 Å². The van der Waals surface area contributed by atoms with Crippen molar-refractivity contribution in [1.29, 1.82) is 0 Å². The Labute approximate surface area is 151 Å². The second-order valence-electron chi connectivity index (χ2n) is 6.33. The number of ether oxygens (including phenoxy) is 1. The third-order valence-electron chi connectivity index (χ3n) is 4.36. The summed E-state index contributed by atoms with van der Waals surface area (Å²) in [6.45, 7) is 3.89. The average Bonchev–Trinajstić information content (AvgIpc) is 2.63. The van der Waals surface area contributed by atoms with E-state index in [1.807, 2.05) is 12.1 Å². The minimum Gasteiger partial charge on any atom is -0.479 e. The molecule has 5 nitrogen and oxygen atoms in total. The second kappa shape index (κ2) is 7.56. The molecular weight excluding hydrogens is 335 g/mol. The number of rotatable bonds is 5. The van der Waals surface area contributed by atoms with Crippen LogP contribution in [0.3, 0.4) is 0 Å². The summed E-state index contributed by atoms with van der Waals surface area (Å²) in [5.41, 5.74) is 1.94. The summed E-state index contributed by atoms with van der Waals surface area (Å²) in [4.78, 5) is 26.1. The van der Waals surface area contributed by atoms with Crippen molar-refractivity contribution in [3.8, 4) is 5.75 Å². The number of hydrogen-bond acceptors (Lipinski definition) is 3. The normalized spacial score (nSPS) is 16.0. The fraction of sp³-hybridized carbons (Fsp3) is 0.300. The number of fused-ring (bicyclic) bond motifs is 1. The summed E-state index contributed by atoms with van der Waals surface area (Å²) in [5.74, 6) is -0.0242. The van der Waals surface area contributed by atoms with Crippen molar-refractivity contribution in [1.82, 2.24) is 5.32 Å². The van der Waals surface area contributed by atoms with Crippen LogP contribution in [-0.2, 0) is 16.1 Å². The third kappa shape index (κ3) is 3.85. The highest BCUT2D eigenvalue weighted by atomic mass is 19.1. The zero-order valence-electron chi connectivity index (χ0n) is 14.8. The van der Waals surface area contributed by atoms with Gasteiger partial charge in [-0.25, -0.2) is 4.39 Å². The molecular formula is C20H21FN2O3. The lowest BCUT2D eigenvalue weighted by Crippen LogP contribution is -2.45. The Bertz CT molecular complexity index is 838. The van der Waals surface area contributed by atoms with Gasteiger partial charge in [-0.05, 0) is 43.2 Å². The summed E-state index contributed by atoms with van der Waals surface area (Å²) >= 11 is 0. The van der Waals surface area contributed by atoms with E-state index in [-0.39, 0.29) is 37.1 Å². The first kappa shape index (κ1) is 17.9. The van der Waals surface area contributed by atoms with E-state index in [1.54, 1.807) is 43.0 Å². The smallest absolute Gasteiger partial charge is 0.267 e. The largest absolute Gasteiger partial charge is 0.479 e. The highest BCUT2D eigenvalue weighted by Crippen LogP contribution is 2.33. The molecule has 1 unspecified atom stereocenters. The minimum atomic E-state index is -0.580. The number of carbonyl (C=O) groups excluding carboxylic acids is 2. The Morgan fingerprint density at radius 2 is 2.04 bits per heavy atom. The van der Waals surface area contributed by atoms with Crippen LogP contribution in [0.5, 0.6) is 5.75 Å². The maximum Gasteiger partial charge on any atom is 0.267 e. The first-order valence-corrected chi connectivity index (χ1v) is 8.54. The van der Waals surface area contributed by atoms with Crippen LogP contribution >= 0.6 is 0 Å². The number of para-hydroxylation sites is 2. The van der Waals surface area contributed by atoms with Crippen LogP contribution < -0.4 is 15.0 Å². The molecule has 6 heteroatoms. The van der Waals surface area contributed by atoms with Crippen LogP contribution in [0.1, 0.15) is 24.5 Å². The van der Waals surface area contributed by atoms with Crippen molar-refractivity contribution in [2.24, 2.45) is 0 Å². The molecule has 1 aliphatic rings. The van der Waals surface area contributed by atoms with Crippen molar-refractivity contribution in [2.75, 3.05) is 11.4 Å². The molecule has 2 aromatic carbocycles. The number of carbonyl (C=O) groups is 2. The summed E-state index contributed by atoms with van der Waals surface area (Å²) in [6, 6.07) is 12.1. The summed E-state index contributed by atoms with van der Waals surface area (Å²) in [7, 11) is 0. The lowest BCUT2D eigenvalue weighted by atomic mass is 10.1. The molecule has 0 saturated heterocycles. The third-order valence-corrected chi connectivity index (χ3v) is 4.36. The van der Waals surface area contributed by atoms with Crippen molar-refractivity contribution < 1.29 is 18.7 Å². The Morgan fingerprint density at radius 1 is 1.27 bits per heavy atom. The highest BCUT2D eigenvalue weighted by molar-refractivity contribution is 6.00. The van der Waals surface area contributed by atoms with E-state index in [0.29, 0.717) is 22.6 Å². The molecule has 0 saturated carbocycles. The maximum atomic E-state index is 13.5. The average molecular weight is 356 g/mol. The van der Waals surface area contributed by atoms with Gasteiger partial charge < -0.3 is 15.0 Å². The monoisotopic (exact) mass is 356 g/mol. The van der Waals surface area contributed by atoms with Crippen LogP contribution in [0.2, 0.25) is 0 Å². The van der Waals surface area contributed by atoms with Crippen molar-refractivity contribution >= 4 is 17.5 Å². The van der Waals surface area contributed by atoms with Crippen LogP contribution in [0.4, 0.5) is 10.1 Å². The van der Waals surface area contributed by atoms with E-state index in [4.69, 9.17) is 4.74 Å². The Morgan fingerprint density at radius 3 is 2.81 bits per heavy atom. The number of aryl methyl sites for hydroxylation is 1. The van der Waals surface area contributed by atoms with Gasteiger partial charge in [0, 0.05) is 19.5 Å². The molecule has 0 aromatic heterocycles. The van der Waals surface area contributed by atoms with Gasteiger partial charge in [0.1, 0.15) is 11.6 Å². The molecule has 1 heterocycles. The Kier molecular flexibility index (Phi) is 5.21. The molecule has 2 amide bonds. The fourth-order valence-electron chi connectivity index (χ4n) is 2.84. The summed E-state index contributed by atoms with van der Waals surface area (Å²) in [5, 5.41) is 2.76. The summed E-state index contributed by atoms with van der Waals surface area (Å²) < 4.78 is 19.1. The van der Waals surface area contributed by atoms with Gasteiger partial charge in [0.05, 0.1) is 5.69 Å². The van der Waals surface area contributed by atoms with Gasteiger partial charge in [-0.3, -0.25) is 9.59 Å². The van der Waals surface area contributed by atoms with Crippen LogP contribution in [0, 0.1) is 12.7 Å². The Balaban J connectivity index is 1.58. The molecule has 3 rings (SSSR count). The lowest BCUT2D eigenvalue weighted by Gasteiger charge is -2.32. The molecule has 1 atom stereocenters. The number of benzene rings is 2. The number of hydrogen-bond donors (Lipinski definition) is 1. The predicted molar refractivity (Wildman–Crippen MR) is 96.5 cm³/mol. The molecule has 1 N–H and O–H groups in total. The topological polar surface area (TPSA) is 58.6 Å². The van der Waals surface area contributed by atoms with Crippen molar-refractivity contribution in [2.45, 2.75) is 32.9 Å². The minimum absolute atomic E-state index is 0.154. The SMILES string of the molecule is Cc1ccc(CNC(=O)CCN2C(=O)C(C)Oc3ccccc32)cc1F. The number of nitrogens with one attached hydrogen (secondary N) is 1. The van der Waals surface area contributed by atoms with E-state index in [2.05, 4.69) is 5.32 Å². The van der Waals surface area contributed by atoms with Gasteiger partial charge in [0.15, 0.2) is 6.10 Å². The van der Waals surface area contributed by atoms with Gasteiger partial charge >= 0.3 is 0 Å². The predicted octanol–water partition coefficient (Wildman–Crippen LogP) is 2.95. The number of nitrogens with zero attached hydrogens (tertiary/aromatic N) is 1. The lowest BCUT2D eigenvalue weighted by molar-refractivity contribution is -0.125. The van der Waals surface area contributed by atoms with E-state index < -0.39 is 6.10 Å². The standard InChI is InChI=1S/C20H21FN2O3/c1-13-7-8-15(11-16(13)21)12-22-19(24)9-10-23-17-5-3-4-6-18(17)26-14(2)20(23)25/h3-8,11,14H,9-10,12H2,1-2H3,(H,22,24). The first-order valence-electron chi connectivity index (χ1n) is 8.54. The molecule has 0 spiro atoms. The van der Waals surface area contributed by atoms with Crippen LogP contribution in [-0.4, -0.2) is 24.5 Å². The van der Waals surface area contributed by atoms with Crippen molar-refractivity contribution in [3.05, 3.63) is 59.4 Å². The Hall–Kier alpha value is -2.89. The number of amides is 2. The van der Waals surface area contributed by atoms with Crippen LogP contribution in [0.15, 0.2) is 42.5 Å².